The van der Waals surface area contributed by atoms with Crippen LogP contribution >= 0.6 is 0 Å². The van der Waals surface area contributed by atoms with Gasteiger partial charge in [-0.25, -0.2) is 0 Å². The maximum absolute atomic E-state index is 12.3. The average molecular weight is 311 g/mol. The third kappa shape index (κ3) is 3.70. The van der Waals surface area contributed by atoms with Crippen molar-refractivity contribution in [2.75, 3.05) is 13.1 Å². The summed E-state index contributed by atoms with van der Waals surface area (Å²) in [7, 11) is 0. The molecule has 0 bridgehead atoms. The predicted molar refractivity (Wildman–Crippen MR) is 87.4 cm³/mol. The Morgan fingerprint density at radius 2 is 1.96 bits per heavy atom. The summed E-state index contributed by atoms with van der Waals surface area (Å²) in [6.45, 7) is 3.41. The number of furan rings is 1. The number of ketones is 1. The van der Waals surface area contributed by atoms with Crippen LogP contribution in [0.1, 0.15) is 46.9 Å². The molecule has 2 heterocycles. The molecule has 0 saturated carbocycles. The summed E-state index contributed by atoms with van der Waals surface area (Å²) >= 11 is 0. The lowest BCUT2D eigenvalue weighted by molar-refractivity contribution is -0.130. The number of benzene rings is 1. The zero-order valence-corrected chi connectivity index (χ0v) is 13.3. The minimum Gasteiger partial charge on any atom is -0.469 e. The summed E-state index contributed by atoms with van der Waals surface area (Å²) in [4.78, 5) is 26.3. The Morgan fingerprint density at radius 1 is 1.17 bits per heavy atom. The Kier molecular flexibility index (Phi) is 4.60. The molecule has 0 aliphatic carbocycles. The molecule has 1 atom stereocenters. The fourth-order valence-electron chi connectivity index (χ4n) is 3.00. The molecule has 4 heteroatoms. The van der Waals surface area contributed by atoms with E-state index in [0.717, 1.165) is 24.3 Å². The van der Waals surface area contributed by atoms with Crippen LogP contribution in [0.25, 0.3) is 0 Å². The molecule has 1 aliphatic rings. The van der Waals surface area contributed by atoms with Crippen molar-refractivity contribution in [1.29, 1.82) is 0 Å². The first-order valence-corrected chi connectivity index (χ1v) is 8.04. The number of carbonyl (C=O) groups excluding carboxylic acids is 2. The molecule has 1 unspecified atom stereocenters. The monoisotopic (exact) mass is 311 g/mol. The smallest absolute Gasteiger partial charge is 0.223 e. The van der Waals surface area contributed by atoms with Gasteiger partial charge in [0.25, 0.3) is 0 Å². The number of hydrogen-bond donors (Lipinski definition) is 0. The van der Waals surface area contributed by atoms with Crippen LogP contribution in [-0.4, -0.2) is 29.7 Å². The topological polar surface area (TPSA) is 50.5 Å². The standard InChI is InChI=1S/C19H21NO3/c1-14-4-6-15(7-5-14)17(21)8-9-19(22)20-11-10-16(13-20)18-3-2-12-23-18/h2-7,12,16H,8-11,13H2,1H3. The lowest BCUT2D eigenvalue weighted by atomic mass is 10.0. The molecule has 0 spiro atoms. The second kappa shape index (κ2) is 6.82. The summed E-state index contributed by atoms with van der Waals surface area (Å²) in [6.07, 6.45) is 3.13. The molecule has 1 aliphatic heterocycles. The minimum atomic E-state index is 0.0279. The van der Waals surface area contributed by atoms with Crippen LogP contribution in [0.15, 0.2) is 47.1 Å². The van der Waals surface area contributed by atoms with Gasteiger partial charge in [-0.1, -0.05) is 29.8 Å². The summed E-state index contributed by atoms with van der Waals surface area (Å²) in [6, 6.07) is 11.3. The molecule has 2 aromatic rings. The number of hydrogen-bond acceptors (Lipinski definition) is 3. The van der Waals surface area contributed by atoms with E-state index in [0.29, 0.717) is 12.1 Å². The lowest BCUT2D eigenvalue weighted by Crippen LogP contribution is -2.28. The summed E-state index contributed by atoms with van der Waals surface area (Å²) in [5, 5.41) is 0. The van der Waals surface area contributed by atoms with E-state index < -0.39 is 0 Å². The van der Waals surface area contributed by atoms with Crippen molar-refractivity contribution in [3.8, 4) is 0 Å². The van der Waals surface area contributed by atoms with Crippen molar-refractivity contribution in [2.45, 2.75) is 32.1 Å². The lowest BCUT2D eigenvalue weighted by Gasteiger charge is -2.15. The second-order valence-electron chi connectivity index (χ2n) is 6.13. The average Bonchev–Trinajstić information content (AvgIpc) is 3.23. The van der Waals surface area contributed by atoms with Gasteiger partial charge < -0.3 is 9.32 Å². The van der Waals surface area contributed by atoms with E-state index in [1.807, 2.05) is 48.2 Å². The Labute approximate surface area is 136 Å². The van der Waals surface area contributed by atoms with Crippen molar-refractivity contribution in [3.05, 3.63) is 59.5 Å². The molecular weight excluding hydrogens is 290 g/mol. The third-order valence-electron chi connectivity index (χ3n) is 4.43. The van der Waals surface area contributed by atoms with Crippen molar-refractivity contribution >= 4 is 11.7 Å². The molecule has 23 heavy (non-hydrogen) atoms. The van der Waals surface area contributed by atoms with Gasteiger partial charge in [0.15, 0.2) is 5.78 Å². The third-order valence-corrected chi connectivity index (χ3v) is 4.43. The van der Waals surface area contributed by atoms with Gasteiger partial charge >= 0.3 is 0 Å². The number of likely N-dealkylation sites (tertiary alicyclic amines) is 1. The van der Waals surface area contributed by atoms with E-state index in [4.69, 9.17) is 4.42 Å². The Bertz CT molecular complexity index is 673. The molecule has 1 aromatic carbocycles. The number of rotatable bonds is 5. The highest BCUT2D eigenvalue weighted by Crippen LogP contribution is 2.27. The molecular formula is C19H21NO3. The quantitative estimate of drug-likeness (QED) is 0.793. The number of amides is 1. The Hall–Kier alpha value is -2.36. The molecule has 0 N–H and O–H groups in total. The van der Waals surface area contributed by atoms with Crippen molar-refractivity contribution in [2.24, 2.45) is 0 Å². The van der Waals surface area contributed by atoms with Gasteiger partial charge in [0, 0.05) is 37.4 Å². The summed E-state index contributed by atoms with van der Waals surface area (Å²) in [5.74, 6) is 1.30. The molecule has 0 radical (unpaired) electrons. The van der Waals surface area contributed by atoms with Crippen molar-refractivity contribution in [3.63, 3.8) is 0 Å². The van der Waals surface area contributed by atoms with E-state index in [-0.39, 0.29) is 30.4 Å². The van der Waals surface area contributed by atoms with Crippen LogP contribution in [0.2, 0.25) is 0 Å². The van der Waals surface area contributed by atoms with Gasteiger partial charge in [-0.15, -0.1) is 0 Å². The fourth-order valence-corrected chi connectivity index (χ4v) is 3.00. The first-order valence-electron chi connectivity index (χ1n) is 8.04. The van der Waals surface area contributed by atoms with E-state index in [1.165, 1.54) is 0 Å². The van der Waals surface area contributed by atoms with Crippen molar-refractivity contribution in [1.82, 2.24) is 4.90 Å². The van der Waals surface area contributed by atoms with E-state index >= 15 is 0 Å². The maximum Gasteiger partial charge on any atom is 0.223 e. The number of carbonyl (C=O) groups is 2. The highest BCUT2D eigenvalue weighted by molar-refractivity contribution is 5.98. The normalized spacial score (nSPS) is 17.4. The molecule has 1 fully saturated rings. The van der Waals surface area contributed by atoms with Gasteiger partial charge in [-0.05, 0) is 25.5 Å². The molecule has 1 aromatic heterocycles. The first-order chi connectivity index (χ1) is 11.1. The highest BCUT2D eigenvalue weighted by Gasteiger charge is 2.28. The second-order valence-corrected chi connectivity index (χ2v) is 6.13. The maximum atomic E-state index is 12.3. The van der Waals surface area contributed by atoms with Gasteiger partial charge in [0.1, 0.15) is 5.76 Å². The van der Waals surface area contributed by atoms with E-state index in [2.05, 4.69) is 0 Å². The number of nitrogens with zero attached hydrogens (tertiary/aromatic N) is 1. The van der Waals surface area contributed by atoms with Crippen LogP contribution < -0.4 is 0 Å². The zero-order valence-electron chi connectivity index (χ0n) is 13.3. The molecule has 1 amide bonds. The van der Waals surface area contributed by atoms with Crippen LogP contribution in [0, 0.1) is 6.92 Å². The van der Waals surface area contributed by atoms with Crippen LogP contribution in [0.3, 0.4) is 0 Å². The fraction of sp³-hybridized carbons (Fsp3) is 0.368. The van der Waals surface area contributed by atoms with Crippen LogP contribution in [0.5, 0.6) is 0 Å². The Balaban J connectivity index is 1.50. The molecule has 120 valence electrons. The van der Waals surface area contributed by atoms with Gasteiger partial charge in [0.2, 0.25) is 5.91 Å². The highest BCUT2D eigenvalue weighted by atomic mass is 16.3. The van der Waals surface area contributed by atoms with Gasteiger partial charge in [-0.3, -0.25) is 9.59 Å². The largest absolute Gasteiger partial charge is 0.469 e. The SMILES string of the molecule is Cc1ccc(C(=O)CCC(=O)N2CCC(c3ccco3)C2)cc1. The number of aryl methyl sites for hydroxylation is 1. The molecule has 1 saturated heterocycles. The van der Waals surface area contributed by atoms with E-state index in [1.54, 1.807) is 6.26 Å². The first kappa shape index (κ1) is 15.5. The van der Waals surface area contributed by atoms with Gasteiger partial charge in [-0.2, -0.15) is 0 Å². The molecule has 3 rings (SSSR count). The number of Topliss-reactive ketones (excluding diaryl/α,β-unsaturated/α-hetero) is 1. The van der Waals surface area contributed by atoms with E-state index in [9.17, 15) is 9.59 Å². The zero-order chi connectivity index (χ0) is 16.2. The van der Waals surface area contributed by atoms with Crippen LogP contribution in [0.4, 0.5) is 0 Å². The summed E-state index contributed by atoms with van der Waals surface area (Å²) in [5.41, 5.74) is 1.80. The van der Waals surface area contributed by atoms with Crippen LogP contribution in [-0.2, 0) is 4.79 Å². The predicted octanol–water partition coefficient (Wildman–Crippen LogP) is 3.57. The minimum absolute atomic E-state index is 0.0279. The molecule has 4 nitrogen and oxygen atoms in total. The van der Waals surface area contributed by atoms with Crippen molar-refractivity contribution < 1.29 is 14.0 Å². The summed E-state index contributed by atoms with van der Waals surface area (Å²) < 4.78 is 5.42. The van der Waals surface area contributed by atoms with Gasteiger partial charge in [0.05, 0.1) is 6.26 Å². The Morgan fingerprint density at radius 3 is 2.65 bits per heavy atom.